The second-order valence-corrected chi connectivity index (χ2v) is 4.93. The molecule has 4 nitrogen and oxygen atoms in total. The molecule has 0 bridgehead atoms. The maximum atomic E-state index is 5.68. The first-order chi connectivity index (χ1) is 9.78. The number of fused-ring (bicyclic) bond motifs is 1. The molecule has 2 aromatic heterocycles. The molecule has 4 heteroatoms. The van der Waals surface area contributed by atoms with Crippen molar-refractivity contribution in [3.63, 3.8) is 0 Å². The fourth-order valence-electron chi connectivity index (χ4n) is 2.44. The van der Waals surface area contributed by atoms with Crippen molar-refractivity contribution in [2.24, 2.45) is 0 Å². The zero-order chi connectivity index (χ0) is 13.9. The second-order valence-electron chi connectivity index (χ2n) is 4.93. The van der Waals surface area contributed by atoms with E-state index < -0.39 is 0 Å². The van der Waals surface area contributed by atoms with Gasteiger partial charge in [-0.25, -0.2) is 4.98 Å². The highest BCUT2D eigenvalue weighted by atomic mass is 15.1. The zero-order valence-electron chi connectivity index (χ0n) is 11.6. The van der Waals surface area contributed by atoms with E-state index in [-0.39, 0.29) is 0 Å². The van der Waals surface area contributed by atoms with Crippen LogP contribution in [0.3, 0.4) is 0 Å². The number of anilines is 1. The molecular weight excluding hydrogens is 248 g/mol. The van der Waals surface area contributed by atoms with Crippen LogP contribution >= 0.6 is 0 Å². The van der Waals surface area contributed by atoms with E-state index in [1.54, 1.807) is 6.20 Å². The summed E-state index contributed by atoms with van der Waals surface area (Å²) in [5.74, 6) is 1.06. The first kappa shape index (κ1) is 12.7. The van der Waals surface area contributed by atoms with Crippen LogP contribution in [0.5, 0.6) is 0 Å². The number of pyridine rings is 1. The van der Waals surface area contributed by atoms with Gasteiger partial charge in [-0.1, -0.05) is 19.1 Å². The van der Waals surface area contributed by atoms with E-state index >= 15 is 0 Å². The Hall–Kier alpha value is -2.36. The Bertz CT molecular complexity index is 713. The molecule has 0 aliphatic heterocycles. The molecular formula is C16H18N4. The summed E-state index contributed by atoms with van der Waals surface area (Å²) < 4.78 is 2.29. The van der Waals surface area contributed by atoms with Gasteiger partial charge in [-0.05, 0) is 30.7 Å². The number of nitrogens with two attached hydrogens (primary N) is 1. The first-order valence-corrected chi connectivity index (χ1v) is 6.92. The minimum absolute atomic E-state index is 0.691. The van der Waals surface area contributed by atoms with Gasteiger partial charge in [0.1, 0.15) is 5.82 Å². The van der Waals surface area contributed by atoms with Gasteiger partial charge in [-0.15, -0.1) is 0 Å². The minimum atomic E-state index is 0.691. The Morgan fingerprint density at radius 1 is 1.15 bits per heavy atom. The van der Waals surface area contributed by atoms with E-state index in [1.807, 2.05) is 18.2 Å². The number of hydrogen-bond donors (Lipinski definition) is 1. The van der Waals surface area contributed by atoms with Gasteiger partial charge in [-0.3, -0.25) is 4.98 Å². The number of para-hydroxylation sites is 2. The van der Waals surface area contributed by atoms with Crippen LogP contribution in [-0.4, -0.2) is 14.5 Å². The number of benzene rings is 1. The van der Waals surface area contributed by atoms with Crippen molar-refractivity contribution in [3.8, 4) is 0 Å². The number of nitrogens with zero attached hydrogens (tertiary/aromatic N) is 3. The Morgan fingerprint density at radius 3 is 2.75 bits per heavy atom. The monoisotopic (exact) mass is 266 g/mol. The molecule has 0 unspecified atom stereocenters. The van der Waals surface area contributed by atoms with Crippen molar-refractivity contribution < 1.29 is 0 Å². The summed E-state index contributed by atoms with van der Waals surface area (Å²) in [6.45, 7) is 3.16. The predicted octanol–water partition coefficient (Wildman–Crippen LogP) is 3.01. The van der Waals surface area contributed by atoms with E-state index in [0.717, 1.165) is 36.4 Å². The van der Waals surface area contributed by atoms with Crippen LogP contribution in [0, 0.1) is 0 Å². The minimum Gasteiger partial charge on any atom is -0.397 e. The van der Waals surface area contributed by atoms with Crippen LogP contribution in [0.4, 0.5) is 5.69 Å². The Morgan fingerprint density at radius 2 is 2.00 bits per heavy atom. The molecule has 0 atom stereocenters. The lowest BCUT2D eigenvalue weighted by Gasteiger charge is -2.07. The van der Waals surface area contributed by atoms with Crippen molar-refractivity contribution in [1.82, 2.24) is 14.5 Å². The van der Waals surface area contributed by atoms with E-state index in [0.29, 0.717) is 5.69 Å². The summed E-state index contributed by atoms with van der Waals surface area (Å²) in [6.07, 6.45) is 3.51. The lowest BCUT2D eigenvalue weighted by molar-refractivity contribution is 0.662. The van der Waals surface area contributed by atoms with Crippen LogP contribution in [0.25, 0.3) is 11.0 Å². The molecule has 0 fully saturated rings. The van der Waals surface area contributed by atoms with Crippen LogP contribution in [0.1, 0.15) is 24.9 Å². The Balaban J connectivity index is 2.01. The molecule has 0 spiro atoms. The summed E-state index contributed by atoms with van der Waals surface area (Å²) in [6, 6.07) is 12.1. The third-order valence-electron chi connectivity index (χ3n) is 3.37. The number of aryl methyl sites for hydroxylation is 1. The second kappa shape index (κ2) is 5.33. The fourth-order valence-corrected chi connectivity index (χ4v) is 2.44. The number of nitrogen functional groups attached to an aromatic ring is 1. The number of imidazole rings is 1. The average Bonchev–Trinajstić information content (AvgIpc) is 2.80. The highest BCUT2D eigenvalue weighted by Crippen LogP contribution is 2.18. The normalized spacial score (nSPS) is 11.1. The standard InChI is InChI=1S/C16H18N4/c1-2-9-20-15-6-4-3-5-14(15)19-16(20)10-13-8-7-12(17)11-18-13/h3-8,11H,2,9-10,17H2,1H3. The van der Waals surface area contributed by atoms with Crippen molar-refractivity contribution >= 4 is 16.7 Å². The van der Waals surface area contributed by atoms with Gasteiger partial charge in [0.15, 0.2) is 0 Å². The largest absolute Gasteiger partial charge is 0.397 e. The highest BCUT2D eigenvalue weighted by Gasteiger charge is 2.10. The van der Waals surface area contributed by atoms with Gasteiger partial charge in [0.05, 0.1) is 22.9 Å². The van der Waals surface area contributed by atoms with Gasteiger partial charge >= 0.3 is 0 Å². The molecule has 3 rings (SSSR count). The molecule has 1 aromatic carbocycles. The maximum absolute atomic E-state index is 5.68. The first-order valence-electron chi connectivity index (χ1n) is 6.92. The molecule has 0 radical (unpaired) electrons. The molecule has 0 saturated heterocycles. The summed E-state index contributed by atoms with van der Waals surface area (Å²) in [5.41, 5.74) is 9.60. The van der Waals surface area contributed by atoms with E-state index in [1.165, 1.54) is 5.52 Å². The lowest BCUT2D eigenvalue weighted by atomic mass is 10.2. The van der Waals surface area contributed by atoms with E-state index in [4.69, 9.17) is 10.7 Å². The van der Waals surface area contributed by atoms with Crippen LogP contribution in [0.15, 0.2) is 42.6 Å². The van der Waals surface area contributed by atoms with Gasteiger partial charge in [0, 0.05) is 18.7 Å². The topological polar surface area (TPSA) is 56.7 Å². The summed E-state index contributed by atoms with van der Waals surface area (Å²) in [5, 5.41) is 0. The number of hydrogen-bond acceptors (Lipinski definition) is 3. The third kappa shape index (κ3) is 2.37. The van der Waals surface area contributed by atoms with Crippen molar-refractivity contribution in [2.75, 3.05) is 5.73 Å². The van der Waals surface area contributed by atoms with Crippen LogP contribution in [-0.2, 0) is 13.0 Å². The Kier molecular flexibility index (Phi) is 3.37. The summed E-state index contributed by atoms with van der Waals surface area (Å²) in [7, 11) is 0. The smallest absolute Gasteiger partial charge is 0.115 e. The van der Waals surface area contributed by atoms with Crippen molar-refractivity contribution in [3.05, 3.63) is 54.1 Å². The molecule has 3 aromatic rings. The van der Waals surface area contributed by atoms with Gasteiger partial charge < -0.3 is 10.3 Å². The molecule has 0 saturated carbocycles. The molecule has 102 valence electrons. The zero-order valence-corrected chi connectivity index (χ0v) is 11.6. The summed E-state index contributed by atoms with van der Waals surface area (Å²) >= 11 is 0. The maximum Gasteiger partial charge on any atom is 0.115 e. The van der Waals surface area contributed by atoms with Gasteiger partial charge in [-0.2, -0.15) is 0 Å². The Labute approximate surface area is 118 Å². The predicted molar refractivity (Wildman–Crippen MR) is 81.5 cm³/mol. The molecule has 2 heterocycles. The SMILES string of the molecule is CCCn1c(Cc2ccc(N)cn2)nc2ccccc21. The van der Waals surface area contributed by atoms with Gasteiger partial charge in [0.2, 0.25) is 0 Å². The van der Waals surface area contributed by atoms with Crippen LogP contribution < -0.4 is 5.73 Å². The van der Waals surface area contributed by atoms with E-state index in [2.05, 4.69) is 34.7 Å². The highest BCUT2D eigenvalue weighted by molar-refractivity contribution is 5.76. The average molecular weight is 266 g/mol. The van der Waals surface area contributed by atoms with Crippen molar-refractivity contribution in [1.29, 1.82) is 0 Å². The lowest BCUT2D eigenvalue weighted by Crippen LogP contribution is -2.05. The third-order valence-corrected chi connectivity index (χ3v) is 3.37. The fraction of sp³-hybridized carbons (Fsp3) is 0.250. The van der Waals surface area contributed by atoms with Gasteiger partial charge in [0.25, 0.3) is 0 Å². The van der Waals surface area contributed by atoms with Crippen LogP contribution in [0.2, 0.25) is 0 Å². The number of rotatable bonds is 4. The van der Waals surface area contributed by atoms with E-state index in [9.17, 15) is 0 Å². The molecule has 20 heavy (non-hydrogen) atoms. The summed E-state index contributed by atoms with van der Waals surface area (Å²) in [4.78, 5) is 9.11. The molecule has 0 amide bonds. The number of aromatic nitrogens is 3. The molecule has 0 aliphatic carbocycles. The quantitative estimate of drug-likeness (QED) is 0.789. The van der Waals surface area contributed by atoms with Crippen molar-refractivity contribution in [2.45, 2.75) is 26.3 Å². The molecule has 2 N–H and O–H groups in total. The molecule has 0 aliphatic rings.